The Hall–Kier alpha value is -2.14. The van der Waals surface area contributed by atoms with Gasteiger partial charge in [-0.2, -0.15) is 4.68 Å². The van der Waals surface area contributed by atoms with Gasteiger partial charge in [-0.15, -0.1) is 5.10 Å². The lowest BCUT2D eigenvalue weighted by atomic mass is 10.1. The highest BCUT2D eigenvalue weighted by atomic mass is 16.1. The van der Waals surface area contributed by atoms with E-state index in [1.54, 1.807) is 12.1 Å². The van der Waals surface area contributed by atoms with Gasteiger partial charge in [-0.1, -0.05) is 18.2 Å². The highest BCUT2D eigenvalue weighted by molar-refractivity contribution is 5.39. The maximum Gasteiger partial charge on any atom is 0.271 e. The molecule has 20 heavy (non-hydrogen) atoms. The molecule has 0 radical (unpaired) electrons. The summed E-state index contributed by atoms with van der Waals surface area (Å²) >= 11 is 0. The number of hydrogen-bond acceptors (Lipinski definition) is 4. The summed E-state index contributed by atoms with van der Waals surface area (Å²) in [5.41, 5.74) is 6.59. The molecular weight excluding hydrogens is 252 g/mol. The van der Waals surface area contributed by atoms with E-state index in [0.29, 0.717) is 0 Å². The van der Waals surface area contributed by atoms with E-state index in [4.69, 9.17) is 5.73 Å². The molecular formula is C15H18N4O. The lowest BCUT2D eigenvalue weighted by Gasteiger charge is -2.31. The minimum absolute atomic E-state index is 0.117. The fraction of sp³-hybridized carbons (Fsp3) is 0.333. The van der Waals surface area contributed by atoms with Crippen LogP contribution in [0.4, 0.5) is 5.82 Å². The van der Waals surface area contributed by atoms with Crippen LogP contribution in [0.1, 0.15) is 12.8 Å². The Bertz CT molecular complexity index is 630. The molecule has 2 N–H and O–H groups in total. The molecule has 5 heteroatoms. The largest absolute Gasteiger partial charge is 0.355 e. The van der Waals surface area contributed by atoms with Crippen molar-refractivity contribution in [2.75, 3.05) is 18.0 Å². The van der Waals surface area contributed by atoms with E-state index in [1.807, 2.05) is 30.3 Å². The molecule has 1 fully saturated rings. The van der Waals surface area contributed by atoms with Crippen LogP contribution in [0, 0.1) is 0 Å². The minimum Gasteiger partial charge on any atom is -0.355 e. The van der Waals surface area contributed by atoms with Crippen LogP contribution in [0.3, 0.4) is 0 Å². The second-order valence-electron chi connectivity index (χ2n) is 5.10. The van der Waals surface area contributed by atoms with Crippen LogP contribution in [0.25, 0.3) is 5.69 Å². The Balaban J connectivity index is 1.93. The summed E-state index contributed by atoms with van der Waals surface area (Å²) in [7, 11) is 0. The third kappa shape index (κ3) is 2.58. The van der Waals surface area contributed by atoms with Crippen molar-refractivity contribution in [3.05, 3.63) is 52.8 Å². The first-order valence-corrected chi connectivity index (χ1v) is 6.90. The van der Waals surface area contributed by atoms with Gasteiger partial charge in [-0.25, -0.2) is 0 Å². The molecule has 1 aliphatic rings. The summed E-state index contributed by atoms with van der Waals surface area (Å²) in [6.07, 6.45) is 1.93. The number of piperidine rings is 1. The van der Waals surface area contributed by atoms with Crippen LogP contribution in [0.15, 0.2) is 47.3 Å². The normalized spacial score (nSPS) is 16.4. The quantitative estimate of drug-likeness (QED) is 0.889. The van der Waals surface area contributed by atoms with E-state index < -0.39 is 0 Å². The summed E-state index contributed by atoms with van der Waals surface area (Å²) in [6, 6.07) is 13.1. The number of rotatable bonds is 2. The van der Waals surface area contributed by atoms with Gasteiger partial charge < -0.3 is 10.6 Å². The fourth-order valence-electron chi connectivity index (χ4n) is 2.45. The highest BCUT2D eigenvalue weighted by Crippen LogP contribution is 2.16. The zero-order valence-corrected chi connectivity index (χ0v) is 11.3. The van der Waals surface area contributed by atoms with Crippen molar-refractivity contribution in [3.8, 4) is 5.69 Å². The second-order valence-corrected chi connectivity index (χ2v) is 5.10. The van der Waals surface area contributed by atoms with Crippen LogP contribution in [-0.4, -0.2) is 28.9 Å². The van der Waals surface area contributed by atoms with E-state index in [9.17, 15) is 4.79 Å². The smallest absolute Gasteiger partial charge is 0.271 e. The Morgan fingerprint density at radius 1 is 1.05 bits per heavy atom. The molecule has 5 nitrogen and oxygen atoms in total. The Kier molecular flexibility index (Phi) is 3.52. The number of aromatic nitrogens is 2. The lowest BCUT2D eigenvalue weighted by molar-refractivity contribution is 0.496. The molecule has 0 spiro atoms. The zero-order chi connectivity index (χ0) is 13.9. The molecule has 3 rings (SSSR count). The number of nitrogens with two attached hydrogens (primary N) is 1. The Morgan fingerprint density at radius 3 is 2.45 bits per heavy atom. The number of hydrogen-bond donors (Lipinski definition) is 1. The van der Waals surface area contributed by atoms with Crippen LogP contribution >= 0.6 is 0 Å². The first-order chi connectivity index (χ1) is 9.74. The van der Waals surface area contributed by atoms with Gasteiger partial charge in [0.1, 0.15) is 5.82 Å². The van der Waals surface area contributed by atoms with Crippen molar-refractivity contribution in [1.29, 1.82) is 0 Å². The molecule has 0 unspecified atom stereocenters. The van der Waals surface area contributed by atoms with E-state index in [0.717, 1.165) is 37.4 Å². The molecule has 1 aromatic heterocycles. The SMILES string of the molecule is NC1CCN(c2ccc(=O)n(-c3ccccc3)n2)CC1. The summed E-state index contributed by atoms with van der Waals surface area (Å²) in [4.78, 5) is 14.2. The zero-order valence-electron chi connectivity index (χ0n) is 11.3. The van der Waals surface area contributed by atoms with Crippen LogP contribution in [-0.2, 0) is 0 Å². The topological polar surface area (TPSA) is 64.2 Å². The molecule has 0 bridgehead atoms. The standard InChI is InChI=1S/C15H18N4O/c16-12-8-10-18(11-9-12)14-6-7-15(20)19(17-14)13-4-2-1-3-5-13/h1-7,12H,8-11,16H2. The van der Waals surface area contributed by atoms with E-state index >= 15 is 0 Å². The van der Waals surface area contributed by atoms with Gasteiger partial charge in [0.2, 0.25) is 0 Å². The monoisotopic (exact) mass is 270 g/mol. The first-order valence-electron chi connectivity index (χ1n) is 6.90. The van der Waals surface area contributed by atoms with E-state index in [1.165, 1.54) is 4.68 Å². The van der Waals surface area contributed by atoms with Gasteiger partial charge >= 0.3 is 0 Å². The molecule has 0 saturated carbocycles. The molecule has 1 aliphatic heterocycles. The summed E-state index contributed by atoms with van der Waals surface area (Å²) in [5, 5.41) is 4.48. The van der Waals surface area contributed by atoms with Gasteiger partial charge in [0.05, 0.1) is 5.69 Å². The third-order valence-electron chi connectivity index (χ3n) is 3.65. The first kappa shape index (κ1) is 12.9. The van der Waals surface area contributed by atoms with Gasteiger partial charge in [0.25, 0.3) is 5.56 Å². The number of para-hydroxylation sites is 1. The van der Waals surface area contributed by atoms with Crippen molar-refractivity contribution < 1.29 is 0 Å². The summed E-state index contributed by atoms with van der Waals surface area (Å²) in [6.45, 7) is 1.78. The molecule has 1 saturated heterocycles. The summed E-state index contributed by atoms with van der Waals surface area (Å²) < 4.78 is 1.45. The third-order valence-corrected chi connectivity index (χ3v) is 3.65. The van der Waals surface area contributed by atoms with Gasteiger partial charge in [0.15, 0.2) is 0 Å². The lowest BCUT2D eigenvalue weighted by Crippen LogP contribution is -2.40. The fourth-order valence-corrected chi connectivity index (χ4v) is 2.45. The second kappa shape index (κ2) is 5.46. The maximum absolute atomic E-state index is 12.0. The van der Waals surface area contributed by atoms with Gasteiger partial charge in [-0.05, 0) is 31.0 Å². The van der Waals surface area contributed by atoms with Crippen LogP contribution in [0.2, 0.25) is 0 Å². The molecule has 0 amide bonds. The summed E-state index contributed by atoms with van der Waals surface area (Å²) in [5.74, 6) is 0.834. The molecule has 2 heterocycles. The van der Waals surface area contributed by atoms with E-state index in [2.05, 4.69) is 10.00 Å². The highest BCUT2D eigenvalue weighted by Gasteiger charge is 2.18. The Morgan fingerprint density at radius 2 is 1.75 bits per heavy atom. The van der Waals surface area contributed by atoms with Crippen molar-refractivity contribution in [3.63, 3.8) is 0 Å². The predicted octanol–water partition coefficient (Wildman–Crippen LogP) is 1.16. The Labute approximate surface area is 117 Å². The maximum atomic E-state index is 12.0. The van der Waals surface area contributed by atoms with Crippen LogP contribution in [0.5, 0.6) is 0 Å². The molecule has 0 aliphatic carbocycles. The van der Waals surface area contributed by atoms with Crippen molar-refractivity contribution >= 4 is 5.82 Å². The van der Waals surface area contributed by atoms with Crippen LogP contribution < -0.4 is 16.2 Å². The molecule has 104 valence electrons. The number of nitrogens with zero attached hydrogens (tertiary/aromatic N) is 3. The van der Waals surface area contributed by atoms with Crippen molar-refractivity contribution in [2.24, 2.45) is 5.73 Å². The van der Waals surface area contributed by atoms with E-state index in [-0.39, 0.29) is 11.6 Å². The van der Waals surface area contributed by atoms with Gasteiger partial charge in [0, 0.05) is 25.2 Å². The number of anilines is 1. The average molecular weight is 270 g/mol. The average Bonchev–Trinajstić information content (AvgIpc) is 2.50. The van der Waals surface area contributed by atoms with Crippen molar-refractivity contribution in [2.45, 2.75) is 18.9 Å². The minimum atomic E-state index is -0.117. The number of benzene rings is 1. The molecule has 0 atom stereocenters. The van der Waals surface area contributed by atoms with Gasteiger partial charge in [-0.3, -0.25) is 4.79 Å². The molecule has 2 aromatic rings. The van der Waals surface area contributed by atoms with Crippen molar-refractivity contribution in [1.82, 2.24) is 9.78 Å². The predicted molar refractivity (Wildman–Crippen MR) is 79.3 cm³/mol. The molecule has 1 aromatic carbocycles.